The van der Waals surface area contributed by atoms with E-state index in [9.17, 15) is 0 Å². The van der Waals surface area contributed by atoms with Gasteiger partial charge in [-0.05, 0) is 56.6 Å². The van der Waals surface area contributed by atoms with Crippen LogP contribution in [0, 0.1) is 0 Å². The monoisotopic (exact) mass is 275 g/mol. The summed E-state index contributed by atoms with van der Waals surface area (Å²) in [7, 11) is 0. The number of rotatable bonds is 2. The van der Waals surface area contributed by atoms with Gasteiger partial charge in [0.1, 0.15) is 0 Å². The van der Waals surface area contributed by atoms with Gasteiger partial charge in [0.15, 0.2) is 0 Å². The molecule has 2 N–H and O–H groups in total. The van der Waals surface area contributed by atoms with E-state index < -0.39 is 0 Å². The fourth-order valence-corrected chi connectivity index (χ4v) is 2.80. The van der Waals surface area contributed by atoms with Crippen LogP contribution in [0.15, 0.2) is 30.5 Å². The van der Waals surface area contributed by atoms with Crippen LogP contribution in [0.3, 0.4) is 0 Å². The predicted octanol–water partition coefficient (Wildman–Crippen LogP) is 3.44. The fraction of sp³-hybridized carbons (Fsp3) is 0.400. The average molecular weight is 276 g/mol. The van der Waals surface area contributed by atoms with Crippen LogP contribution < -0.4 is 10.6 Å². The molecule has 2 aromatic rings. The van der Waals surface area contributed by atoms with Crippen molar-refractivity contribution in [1.29, 1.82) is 0 Å². The first-order valence-electron chi connectivity index (χ1n) is 6.84. The lowest BCUT2D eigenvalue weighted by atomic mass is 10.1. The summed E-state index contributed by atoms with van der Waals surface area (Å²) < 4.78 is 0. The smallest absolute Gasteiger partial charge is 0.0737 e. The van der Waals surface area contributed by atoms with E-state index in [-0.39, 0.29) is 0 Å². The molecule has 0 spiro atoms. The molecule has 0 saturated carbocycles. The molecule has 4 heteroatoms. The molecule has 1 saturated heterocycles. The average Bonchev–Trinajstić information content (AvgIpc) is 2.67. The maximum atomic E-state index is 6.02. The first-order valence-corrected chi connectivity index (χ1v) is 7.22. The number of hydrogen-bond acceptors (Lipinski definition) is 3. The maximum absolute atomic E-state index is 6.02. The number of nitrogens with zero attached hydrogens (tertiary/aromatic N) is 1. The number of benzene rings is 1. The van der Waals surface area contributed by atoms with Gasteiger partial charge in [0, 0.05) is 28.3 Å². The van der Waals surface area contributed by atoms with Crippen molar-refractivity contribution in [2.75, 3.05) is 18.4 Å². The summed E-state index contributed by atoms with van der Waals surface area (Å²) in [5.74, 6) is 0. The Kier molecular flexibility index (Phi) is 3.85. The fourth-order valence-electron chi connectivity index (χ4n) is 2.63. The zero-order valence-corrected chi connectivity index (χ0v) is 11.6. The summed E-state index contributed by atoms with van der Waals surface area (Å²) in [5, 5.41) is 8.97. The SMILES string of the molecule is Clc1ccc2c(NC3CCCNCC3)ccnc2c1. The molecule has 3 rings (SSSR count). The largest absolute Gasteiger partial charge is 0.382 e. The van der Waals surface area contributed by atoms with Crippen molar-refractivity contribution in [2.45, 2.75) is 25.3 Å². The Morgan fingerprint density at radius 3 is 3.11 bits per heavy atom. The van der Waals surface area contributed by atoms with Crippen LogP contribution in [-0.4, -0.2) is 24.1 Å². The van der Waals surface area contributed by atoms with Crippen LogP contribution >= 0.6 is 11.6 Å². The van der Waals surface area contributed by atoms with Gasteiger partial charge in [0.25, 0.3) is 0 Å². The molecule has 0 amide bonds. The lowest BCUT2D eigenvalue weighted by Gasteiger charge is -2.18. The number of pyridine rings is 1. The second kappa shape index (κ2) is 5.76. The number of halogens is 1. The summed E-state index contributed by atoms with van der Waals surface area (Å²) in [4.78, 5) is 4.38. The second-order valence-corrected chi connectivity index (χ2v) is 5.48. The summed E-state index contributed by atoms with van der Waals surface area (Å²) in [5.41, 5.74) is 2.11. The van der Waals surface area contributed by atoms with Crippen LogP contribution in [0.1, 0.15) is 19.3 Å². The number of nitrogens with one attached hydrogen (secondary N) is 2. The van der Waals surface area contributed by atoms with Gasteiger partial charge in [-0.3, -0.25) is 4.98 Å². The molecule has 0 radical (unpaired) electrons. The quantitative estimate of drug-likeness (QED) is 0.882. The molecule has 0 bridgehead atoms. The third-order valence-corrected chi connectivity index (χ3v) is 3.88. The van der Waals surface area contributed by atoms with Crippen molar-refractivity contribution in [3.63, 3.8) is 0 Å². The van der Waals surface area contributed by atoms with Crippen molar-refractivity contribution in [2.24, 2.45) is 0 Å². The van der Waals surface area contributed by atoms with E-state index in [4.69, 9.17) is 11.6 Å². The van der Waals surface area contributed by atoms with Gasteiger partial charge in [0.2, 0.25) is 0 Å². The first-order chi connectivity index (χ1) is 9.33. The van der Waals surface area contributed by atoms with Crippen molar-refractivity contribution in [3.8, 4) is 0 Å². The Morgan fingerprint density at radius 1 is 1.21 bits per heavy atom. The summed E-state index contributed by atoms with van der Waals surface area (Å²) in [6.45, 7) is 2.22. The van der Waals surface area contributed by atoms with Crippen molar-refractivity contribution >= 4 is 28.2 Å². The zero-order chi connectivity index (χ0) is 13.1. The maximum Gasteiger partial charge on any atom is 0.0737 e. The molecule has 1 aliphatic heterocycles. The Hall–Kier alpha value is -1.32. The van der Waals surface area contributed by atoms with Gasteiger partial charge in [-0.15, -0.1) is 0 Å². The predicted molar refractivity (Wildman–Crippen MR) is 80.9 cm³/mol. The Bertz CT molecular complexity index is 562. The van der Waals surface area contributed by atoms with Gasteiger partial charge >= 0.3 is 0 Å². The minimum atomic E-state index is 0.538. The van der Waals surface area contributed by atoms with Crippen LogP contribution in [0.25, 0.3) is 10.9 Å². The van der Waals surface area contributed by atoms with E-state index in [1.807, 2.05) is 24.4 Å². The van der Waals surface area contributed by atoms with Gasteiger partial charge < -0.3 is 10.6 Å². The normalized spacial score (nSPS) is 20.2. The van der Waals surface area contributed by atoms with E-state index in [2.05, 4.69) is 21.7 Å². The van der Waals surface area contributed by atoms with Crippen LogP contribution in [0.4, 0.5) is 5.69 Å². The molecular weight excluding hydrogens is 258 g/mol. The minimum Gasteiger partial charge on any atom is -0.382 e. The Morgan fingerprint density at radius 2 is 2.16 bits per heavy atom. The molecule has 1 aliphatic rings. The second-order valence-electron chi connectivity index (χ2n) is 5.04. The molecule has 1 unspecified atom stereocenters. The lowest BCUT2D eigenvalue weighted by Crippen LogP contribution is -2.21. The minimum absolute atomic E-state index is 0.538. The van der Waals surface area contributed by atoms with Gasteiger partial charge in [-0.2, -0.15) is 0 Å². The van der Waals surface area contributed by atoms with E-state index in [0.29, 0.717) is 6.04 Å². The molecule has 1 aromatic heterocycles. The molecule has 100 valence electrons. The molecule has 1 aromatic carbocycles. The molecule has 2 heterocycles. The molecule has 19 heavy (non-hydrogen) atoms. The van der Waals surface area contributed by atoms with Crippen LogP contribution in [0.5, 0.6) is 0 Å². The molecule has 3 nitrogen and oxygen atoms in total. The molecule has 0 aliphatic carbocycles. The standard InChI is InChI=1S/C15H18ClN3/c16-11-3-4-13-14(6-9-18-15(13)10-11)19-12-2-1-7-17-8-5-12/h3-4,6,9-10,12,17H,1-2,5,7-8H2,(H,18,19). The highest BCUT2D eigenvalue weighted by Crippen LogP contribution is 2.26. The number of hydrogen-bond donors (Lipinski definition) is 2. The zero-order valence-electron chi connectivity index (χ0n) is 10.8. The van der Waals surface area contributed by atoms with Crippen LogP contribution in [0.2, 0.25) is 5.02 Å². The van der Waals surface area contributed by atoms with E-state index >= 15 is 0 Å². The topological polar surface area (TPSA) is 37.0 Å². The third kappa shape index (κ3) is 2.99. The van der Waals surface area contributed by atoms with Crippen LogP contribution in [-0.2, 0) is 0 Å². The molecular formula is C15H18ClN3. The first kappa shape index (κ1) is 12.7. The highest BCUT2D eigenvalue weighted by molar-refractivity contribution is 6.31. The van der Waals surface area contributed by atoms with Gasteiger partial charge in [-0.1, -0.05) is 11.6 Å². The van der Waals surface area contributed by atoms with Crippen molar-refractivity contribution in [1.82, 2.24) is 10.3 Å². The van der Waals surface area contributed by atoms with E-state index in [1.54, 1.807) is 0 Å². The summed E-state index contributed by atoms with van der Waals surface area (Å²) in [6.07, 6.45) is 5.45. The number of fused-ring (bicyclic) bond motifs is 1. The summed E-state index contributed by atoms with van der Waals surface area (Å²) in [6, 6.07) is 8.47. The molecule has 1 fully saturated rings. The Balaban J connectivity index is 1.87. The van der Waals surface area contributed by atoms with Gasteiger partial charge in [0.05, 0.1) is 5.52 Å². The van der Waals surface area contributed by atoms with E-state index in [0.717, 1.165) is 41.1 Å². The molecule has 1 atom stereocenters. The van der Waals surface area contributed by atoms with Gasteiger partial charge in [-0.25, -0.2) is 0 Å². The Labute approximate surface area is 118 Å². The number of anilines is 1. The highest BCUT2D eigenvalue weighted by Gasteiger charge is 2.12. The summed E-state index contributed by atoms with van der Waals surface area (Å²) >= 11 is 6.02. The highest BCUT2D eigenvalue weighted by atomic mass is 35.5. The van der Waals surface area contributed by atoms with Crippen molar-refractivity contribution < 1.29 is 0 Å². The third-order valence-electron chi connectivity index (χ3n) is 3.64. The van der Waals surface area contributed by atoms with E-state index in [1.165, 1.54) is 12.8 Å². The van der Waals surface area contributed by atoms with Crippen molar-refractivity contribution in [3.05, 3.63) is 35.5 Å². The number of aromatic nitrogens is 1. The lowest BCUT2D eigenvalue weighted by molar-refractivity contribution is 0.638.